The molecular formula is C26H20N4O4. The van der Waals surface area contributed by atoms with Gasteiger partial charge in [0.15, 0.2) is 5.65 Å². The van der Waals surface area contributed by atoms with E-state index in [0.29, 0.717) is 22.2 Å². The fourth-order valence-electron chi connectivity index (χ4n) is 3.90. The molecule has 0 saturated carbocycles. The van der Waals surface area contributed by atoms with E-state index in [1.54, 1.807) is 36.4 Å². The van der Waals surface area contributed by atoms with Crippen LogP contribution in [-0.4, -0.2) is 30.2 Å². The average Bonchev–Trinajstić information content (AvgIpc) is 3.18. The van der Waals surface area contributed by atoms with Crippen molar-refractivity contribution in [1.82, 2.24) is 19.2 Å². The molecule has 5 rings (SSSR count). The predicted molar refractivity (Wildman–Crippen MR) is 129 cm³/mol. The number of carboxylic acid groups (broad SMARTS) is 1. The topological polar surface area (TPSA) is 109 Å². The molecule has 0 aliphatic carbocycles. The molecule has 0 fully saturated rings. The fraction of sp³-hybridized carbons (Fsp3) is 0.0769. The van der Waals surface area contributed by atoms with E-state index in [1.165, 1.54) is 4.68 Å². The van der Waals surface area contributed by atoms with Gasteiger partial charge in [0.25, 0.3) is 0 Å². The number of nitrogens with zero attached hydrogens (tertiary/aromatic N) is 3. The van der Waals surface area contributed by atoms with Crippen molar-refractivity contribution >= 4 is 28.6 Å². The van der Waals surface area contributed by atoms with Crippen molar-refractivity contribution in [2.45, 2.75) is 13.3 Å². The van der Waals surface area contributed by atoms with E-state index in [0.717, 1.165) is 15.5 Å². The third-order valence-electron chi connectivity index (χ3n) is 5.64. The minimum Gasteiger partial charge on any atom is -0.478 e. The van der Waals surface area contributed by atoms with Gasteiger partial charge in [-0.1, -0.05) is 54.1 Å². The first-order chi connectivity index (χ1) is 16.4. The molecular weight excluding hydrogens is 432 g/mol. The van der Waals surface area contributed by atoms with Gasteiger partial charge in [0.05, 0.1) is 11.2 Å². The number of rotatable bonds is 5. The van der Waals surface area contributed by atoms with Gasteiger partial charge >= 0.3 is 17.3 Å². The molecule has 0 radical (unpaired) electrons. The molecule has 2 aromatic heterocycles. The summed E-state index contributed by atoms with van der Waals surface area (Å²) in [5, 5.41) is 14.7. The average molecular weight is 452 g/mol. The van der Waals surface area contributed by atoms with Crippen molar-refractivity contribution in [2.75, 3.05) is 0 Å². The van der Waals surface area contributed by atoms with Crippen LogP contribution in [0.15, 0.2) is 88.0 Å². The monoisotopic (exact) mass is 452 g/mol. The quantitative estimate of drug-likeness (QED) is 0.398. The number of hydrogen-bond acceptors (Lipinski definition) is 4. The van der Waals surface area contributed by atoms with Gasteiger partial charge in [-0.3, -0.25) is 0 Å². The minimum atomic E-state index is -1.02. The van der Waals surface area contributed by atoms with Crippen LogP contribution in [0.25, 0.3) is 28.3 Å². The number of H-pyrrole nitrogens is 1. The van der Waals surface area contributed by atoms with Crippen LogP contribution in [0.5, 0.6) is 0 Å². The second-order valence-electron chi connectivity index (χ2n) is 8.06. The number of carbonyl (C=O) groups is 1. The Morgan fingerprint density at radius 2 is 1.76 bits per heavy atom. The predicted octanol–water partition coefficient (Wildman–Crippen LogP) is 3.35. The summed E-state index contributed by atoms with van der Waals surface area (Å²) in [6, 6.07) is 21.7. The number of carboxylic acids is 1. The number of aromatic amines is 1. The van der Waals surface area contributed by atoms with E-state index in [1.807, 2.05) is 49.4 Å². The largest absolute Gasteiger partial charge is 0.478 e. The maximum absolute atomic E-state index is 13.0. The molecule has 0 aliphatic rings. The van der Waals surface area contributed by atoms with Crippen LogP contribution in [0, 0.1) is 6.92 Å². The Morgan fingerprint density at radius 3 is 2.47 bits per heavy atom. The van der Waals surface area contributed by atoms with Crippen LogP contribution in [0.1, 0.15) is 16.7 Å². The zero-order valence-electron chi connectivity index (χ0n) is 18.2. The van der Waals surface area contributed by atoms with Crippen LogP contribution < -0.4 is 11.4 Å². The molecule has 3 aromatic carbocycles. The Balaban J connectivity index is 1.67. The molecule has 0 spiro atoms. The molecule has 2 heterocycles. The molecule has 0 aliphatic heterocycles. The lowest BCUT2D eigenvalue weighted by Crippen LogP contribution is -2.29. The van der Waals surface area contributed by atoms with Gasteiger partial charge in [-0.15, -0.1) is 5.10 Å². The standard InChI is InChI=1S/C26H20N4O4/c1-16-7-10-20(11-8-16)30-26(34)29-23(28-30)21-15-18(9-12-22(21)27-25(29)33)14-19(24(31)32)13-17-5-3-2-4-6-17/h2-12,14-15H,13H2,1H3,(H,27,33)(H,31,32). The van der Waals surface area contributed by atoms with Crippen LogP contribution >= 0.6 is 0 Å². The first-order valence-electron chi connectivity index (χ1n) is 10.6. The van der Waals surface area contributed by atoms with Gasteiger partial charge in [0, 0.05) is 17.4 Å². The van der Waals surface area contributed by atoms with E-state index in [4.69, 9.17) is 0 Å². The molecule has 8 heteroatoms. The number of nitrogens with one attached hydrogen (secondary N) is 1. The second-order valence-corrected chi connectivity index (χ2v) is 8.06. The minimum absolute atomic E-state index is 0.194. The molecule has 0 saturated heterocycles. The number of aliphatic carboxylic acids is 1. The molecule has 5 aromatic rings. The molecule has 0 bridgehead atoms. The SMILES string of the molecule is Cc1ccc(-n2nc3c4cc(C=C(Cc5ccccc5)C(=O)O)ccc4[nH]c(=O)n3c2=O)cc1. The molecule has 0 atom stereocenters. The summed E-state index contributed by atoms with van der Waals surface area (Å²) in [6.07, 6.45) is 1.85. The first-order valence-corrected chi connectivity index (χ1v) is 10.6. The Morgan fingerprint density at radius 1 is 1.03 bits per heavy atom. The van der Waals surface area contributed by atoms with Crippen LogP contribution in [0.4, 0.5) is 0 Å². The van der Waals surface area contributed by atoms with Crippen molar-refractivity contribution in [3.63, 3.8) is 0 Å². The Labute approximate surface area is 193 Å². The van der Waals surface area contributed by atoms with E-state index < -0.39 is 17.3 Å². The lowest BCUT2D eigenvalue weighted by molar-refractivity contribution is -0.132. The normalized spacial score (nSPS) is 11.9. The number of fused-ring (bicyclic) bond motifs is 3. The highest BCUT2D eigenvalue weighted by Gasteiger charge is 2.16. The van der Waals surface area contributed by atoms with Gasteiger partial charge in [-0.25, -0.2) is 14.4 Å². The number of aromatic nitrogens is 4. The number of aryl methyl sites for hydroxylation is 1. The maximum atomic E-state index is 13.0. The lowest BCUT2D eigenvalue weighted by atomic mass is 10.0. The second kappa shape index (κ2) is 8.32. The number of benzene rings is 3. The zero-order valence-corrected chi connectivity index (χ0v) is 18.2. The maximum Gasteiger partial charge on any atom is 0.359 e. The highest BCUT2D eigenvalue weighted by molar-refractivity contribution is 5.96. The number of hydrogen-bond donors (Lipinski definition) is 2. The Bertz CT molecular complexity index is 1690. The van der Waals surface area contributed by atoms with Crippen molar-refractivity contribution in [3.8, 4) is 5.69 Å². The van der Waals surface area contributed by atoms with E-state index in [-0.39, 0.29) is 17.6 Å². The van der Waals surface area contributed by atoms with Gasteiger partial charge in [0.1, 0.15) is 0 Å². The summed E-state index contributed by atoms with van der Waals surface area (Å²) in [4.78, 5) is 40.2. The molecule has 168 valence electrons. The fourth-order valence-corrected chi connectivity index (χ4v) is 3.90. The Kier molecular flexibility index (Phi) is 5.18. The van der Waals surface area contributed by atoms with Crippen molar-refractivity contribution in [2.24, 2.45) is 0 Å². The van der Waals surface area contributed by atoms with Crippen LogP contribution in [0.2, 0.25) is 0 Å². The zero-order chi connectivity index (χ0) is 23.8. The summed E-state index contributed by atoms with van der Waals surface area (Å²) in [7, 11) is 0. The molecule has 34 heavy (non-hydrogen) atoms. The molecule has 0 amide bonds. The smallest absolute Gasteiger partial charge is 0.359 e. The Hall–Kier alpha value is -4.72. The van der Waals surface area contributed by atoms with Gasteiger partial charge in [-0.2, -0.15) is 9.08 Å². The first kappa shape index (κ1) is 21.1. The summed E-state index contributed by atoms with van der Waals surface area (Å²) < 4.78 is 2.17. The van der Waals surface area contributed by atoms with Crippen LogP contribution in [-0.2, 0) is 11.2 Å². The summed E-state index contributed by atoms with van der Waals surface area (Å²) in [6.45, 7) is 1.94. The third kappa shape index (κ3) is 3.81. The molecule has 8 nitrogen and oxygen atoms in total. The van der Waals surface area contributed by atoms with Crippen molar-refractivity contribution in [1.29, 1.82) is 0 Å². The van der Waals surface area contributed by atoms with Gasteiger partial charge < -0.3 is 10.1 Å². The summed E-state index contributed by atoms with van der Waals surface area (Å²) in [5.41, 5.74) is 2.80. The highest BCUT2D eigenvalue weighted by Crippen LogP contribution is 2.20. The van der Waals surface area contributed by atoms with E-state index in [2.05, 4.69) is 10.1 Å². The third-order valence-corrected chi connectivity index (χ3v) is 5.64. The van der Waals surface area contributed by atoms with Crippen molar-refractivity contribution < 1.29 is 9.90 Å². The lowest BCUT2D eigenvalue weighted by Gasteiger charge is -2.05. The van der Waals surface area contributed by atoms with E-state index in [9.17, 15) is 19.5 Å². The van der Waals surface area contributed by atoms with E-state index >= 15 is 0 Å². The molecule has 0 unspecified atom stereocenters. The summed E-state index contributed by atoms with van der Waals surface area (Å²) >= 11 is 0. The van der Waals surface area contributed by atoms with Crippen LogP contribution in [0.3, 0.4) is 0 Å². The highest BCUT2D eigenvalue weighted by atomic mass is 16.4. The molecule has 2 N–H and O–H groups in total. The van der Waals surface area contributed by atoms with Crippen molar-refractivity contribution in [3.05, 3.63) is 116 Å². The summed E-state index contributed by atoms with van der Waals surface area (Å²) in [5.74, 6) is -1.02. The van der Waals surface area contributed by atoms with Gasteiger partial charge in [-0.05, 0) is 48.4 Å². The van der Waals surface area contributed by atoms with Gasteiger partial charge in [0.2, 0.25) is 0 Å².